The molecule has 3 heteroatoms. The van der Waals surface area contributed by atoms with E-state index in [9.17, 15) is 4.79 Å². The van der Waals surface area contributed by atoms with Crippen LogP contribution in [0.25, 0.3) is 21.9 Å². The second kappa shape index (κ2) is 9.21. The number of likely N-dealkylation sites (tertiary alicyclic amines) is 1. The molecule has 0 unspecified atom stereocenters. The molecule has 0 bridgehead atoms. The van der Waals surface area contributed by atoms with E-state index in [1.54, 1.807) is 0 Å². The van der Waals surface area contributed by atoms with Crippen molar-refractivity contribution < 1.29 is 9.28 Å². The molecule has 0 radical (unpaired) electrons. The van der Waals surface area contributed by atoms with E-state index in [4.69, 9.17) is 0 Å². The molecule has 5 rings (SSSR count). The summed E-state index contributed by atoms with van der Waals surface area (Å²) in [5.74, 6) is -0.0789. The summed E-state index contributed by atoms with van der Waals surface area (Å²) < 4.78 is 1.12. The monoisotopic (exact) mass is 435 g/mol. The predicted molar refractivity (Wildman–Crippen MR) is 137 cm³/mol. The maximum absolute atomic E-state index is 13.0. The van der Waals surface area contributed by atoms with Crippen LogP contribution in [0.15, 0.2) is 91.0 Å². The smallest absolute Gasteiger partial charge is 0.255 e. The number of benzene rings is 4. The molecule has 1 N–H and O–H groups in total. The number of carbonyl (C=O) groups excluding carboxylic acids is 1. The molecule has 3 nitrogen and oxygen atoms in total. The number of nitrogens with one attached hydrogen (secondary N) is 1. The van der Waals surface area contributed by atoms with Crippen molar-refractivity contribution in [2.45, 2.75) is 25.8 Å². The second-order valence-electron chi connectivity index (χ2n) is 9.58. The Labute approximate surface area is 196 Å². The zero-order valence-electron chi connectivity index (χ0n) is 19.3. The highest BCUT2D eigenvalue weighted by Gasteiger charge is 2.24. The molecule has 1 heterocycles. The summed E-state index contributed by atoms with van der Waals surface area (Å²) in [4.78, 5) is 13.0. The number of anilines is 1. The SMILES string of the molecule is C[N+]1(Cc2ccc(NC(=O)c3ccc4ccc(-c5ccccc5)cc4c3)cc2)CCCCC1. The molecule has 1 aliphatic heterocycles. The first-order valence-corrected chi connectivity index (χ1v) is 11.9. The third kappa shape index (κ3) is 4.99. The summed E-state index contributed by atoms with van der Waals surface area (Å²) in [5.41, 5.74) is 5.17. The van der Waals surface area contributed by atoms with Crippen LogP contribution in [0.4, 0.5) is 5.69 Å². The zero-order chi connectivity index (χ0) is 22.7. The Kier molecular flexibility index (Phi) is 5.97. The molecule has 0 atom stereocenters. The van der Waals surface area contributed by atoms with E-state index >= 15 is 0 Å². The molecule has 1 aliphatic rings. The molecule has 0 aliphatic carbocycles. The number of rotatable bonds is 5. The van der Waals surface area contributed by atoms with Crippen molar-refractivity contribution in [1.29, 1.82) is 0 Å². The van der Waals surface area contributed by atoms with Gasteiger partial charge >= 0.3 is 0 Å². The Morgan fingerprint density at radius 2 is 1.48 bits per heavy atom. The molecule has 1 amide bonds. The van der Waals surface area contributed by atoms with Crippen molar-refractivity contribution >= 4 is 22.4 Å². The standard InChI is InChI=1S/C30H30N2O/c1-32(18-6-3-7-19-32)22-23-10-16-29(17-11-23)31-30(33)27-15-13-25-12-14-26(20-28(25)21-27)24-8-4-2-5-9-24/h2,4-5,8-17,20-21H,3,6-7,18-19,22H2,1H3/p+1. The molecule has 0 aromatic heterocycles. The lowest BCUT2D eigenvalue weighted by Gasteiger charge is -2.37. The summed E-state index contributed by atoms with van der Waals surface area (Å²) in [6.45, 7) is 3.57. The zero-order valence-corrected chi connectivity index (χ0v) is 19.3. The molecule has 1 fully saturated rings. The Bertz CT molecular complexity index is 1260. The molecule has 33 heavy (non-hydrogen) atoms. The van der Waals surface area contributed by atoms with Gasteiger partial charge in [-0.25, -0.2) is 0 Å². The molecule has 1 saturated heterocycles. The average molecular weight is 436 g/mol. The van der Waals surface area contributed by atoms with Crippen LogP contribution in [-0.2, 0) is 6.54 Å². The van der Waals surface area contributed by atoms with Gasteiger partial charge in [-0.15, -0.1) is 0 Å². The van der Waals surface area contributed by atoms with Gasteiger partial charge in [-0.3, -0.25) is 4.79 Å². The summed E-state index contributed by atoms with van der Waals surface area (Å²) in [6.07, 6.45) is 4.01. The first kappa shape index (κ1) is 21.4. The van der Waals surface area contributed by atoms with Crippen molar-refractivity contribution in [3.8, 4) is 11.1 Å². The van der Waals surface area contributed by atoms with Crippen molar-refractivity contribution in [1.82, 2.24) is 0 Å². The maximum atomic E-state index is 13.0. The average Bonchev–Trinajstić information content (AvgIpc) is 2.85. The molecule has 166 valence electrons. The van der Waals surface area contributed by atoms with Crippen LogP contribution in [0.3, 0.4) is 0 Å². The predicted octanol–water partition coefficient (Wildman–Crippen LogP) is 6.89. The van der Waals surface area contributed by atoms with E-state index in [1.165, 1.54) is 43.5 Å². The minimum absolute atomic E-state index is 0.0789. The van der Waals surface area contributed by atoms with E-state index in [2.05, 4.69) is 54.8 Å². The van der Waals surface area contributed by atoms with Crippen molar-refractivity contribution in [3.05, 3.63) is 102 Å². The molecule has 0 spiro atoms. The normalized spacial score (nSPS) is 15.3. The molecule has 0 saturated carbocycles. The van der Waals surface area contributed by atoms with Gasteiger partial charge in [-0.2, -0.15) is 0 Å². The molecular formula is C30H31N2O+. The first-order valence-electron chi connectivity index (χ1n) is 11.9. The minimum atomic E-state index is -0.0789. The van der Waals surface area contributed by atoms with E-state index in [0.717, 1.165) is 33.1 Å². The van der Waals surface area contributed by atoms with Crippen LogP contribution >= 0.6 is 0 Å². The number of carbonyl (C=O) groups is 1. The van der Waals surface area contributed by atoms with Crippen LogP contribution in [0.1, 0.15) is 35.2 Å². The van der Waals surface area contributed by atoms with Gasteiger partial charge in [-0.1, -0.05) is 60.7 Å². The van der Waals surface area contributed by atoms with Gasteiger partial charge in [0.1, 0.15) is 6.54 Å². The van der Waals surface area contributed by atoms with E-state index in [1.807, 2.05) is 48.5 Å². The third-order valence-electron chi connectivity index (χ3n) is 6.88. The highest BCUT2D eigenvalue weighted by molar-refractivity contribution is 6.06. The maximum Gasteiger partial charge on any atom is 0.255 e. The van der Waals surface area contributed by atoms with Gasteiger partial charge in [0.15, 0.2) is 0 Å². The number of fused-ring (bicyclic) bond motifs is 1. The highest BCUT2D eigenvalue weighted by Crippen LogP contribution is 2.26. The van der Waals surface area contributed by atoms with E-state index in [-0.39, 0.29) is 5.91 Å². The lowest BCUT2D eigenvalue weighted by molar-refractivity contribution is -0.926. The number of hydrogen-bond donors (Lipinski definition) is 1. The topological polar surface area (TPSA) is 29.1 Å². The van der Waals surface area contributed by atoms with Crippen LogP contribution < -0.4 is 5.32 Å². The number of quaternary nitrogens is 1. The Morgan fingerprint density at radius 3 is 2.24 bits per heavy atom. The fourth-order valence-corrected chi connectivity index (χ4v) is 4.97. The largest absolute Gasteiger partial charge is 0.322 e. The first-order chi connectivity index (χ1) is 16.1. The molecular weight excluding hydrogens is 404 g/mol. The van der Waals surface area contributed by atoms with E-state index < -0.39 is 0 Å². The Balaban J connectivity index is 1.30. The van der Waals surface area contributed by atoms with Crippen molar-refractivity contribution in [2.75, 3.05) is 25.5 Å². The summed E-state index contributed by atoms with van der Waals surface area (Å²) >= 11 is 0. The van der Waals surface area contributed by atoms with Gasteiger partial charge in [0.25, 0.3) is 5.91 Å². The van der Waals surface area contributed by atoms with Crippen LogP contribution in [0, 0.1) is 0 Å². The Morgan fingerprint density at radius 1 is 0.758 bits per heavy atom. The fraction of sp³-hybridized carbons (Fsp3) is 0.233. The lowest BCUT2D eigenvalue weighted by atomic mass is 10.00. The van der Waals surface area contributed by atoms with Gasteiger partial charge in [-0.05, 0) is 71.5 Å². The fourth-order valence-electron chi connectivity index (χ4n) is 4.97. The molecule has 4 aromatic carbocycles. The number of amides is 1. The Hall–Kier alpha value is -3.43. The van der Waals surface area contributed by atoms with Crippen molar-refractivity contribution in [2.24, 2.45) is 0 Å². The van der Waals surface area contributed by atoms with E-state index in [0.29, 0.717) is 5.56 Å². The van der Waals surface area contributed by atoms with Gasteiger partial charge in [0.2, 0.25) is 0 Å². The van der Waals surface area contributed by atoms with Crippen LogP contribution in [-0.4, -0.2) is 30.5 Å². The van der Waals surface area contributed by atoms with Crippen molar-refractivity contribution in [3.63, 3.8) is 0 Å². The highest BCUT2D eigenvalue weighted by atomic mass is 16.1. The number of piperidine rings is 1. The summed E-state index contributed by atoms with van der Waals surface area (Å²) in [6, 6.07) is 31.0. The number of nitrogens with zero attached hydrogens (tertiary/aromatic N) is 1. The summed E-state index contributed by atoms with van der Waals surface area (Å²) in [7, 11) is 2.36. The quantitative estimate of drug-likeness (QED) is 0.340. The third-order valence-corrected chi connectivity index (χ3v) is 6.88. The minimum Gasteiger partial charge on any atom is -0.322 e. The molecule has 4 aromatic rings. The van der Waals surface area contributed by atoms with Gasteiger partial charge in [0, 0.05) is 16.8 Å². The van der Waals surface area contributed by atoms with Crippen LogP contribution in [0.2, 0.25) is 0 Å². The van der Waals surface area contributed by atoms with Gasteiger partial charge in [0.05, 0.1) is 20.1 Å². The lowest BCUT2D eigenvalue weighted by Crippen LogP contribution is -2.46. The van der Waals surface area contributed by atoms with Gasteiger partial charge < -0.3 is 9.80 Å². The number of hydrogen-bond acceptors (Lipinski definition) is 1. The second-order valence-corrected chi connectivity index (χ2v) is 9.58. The van der Waals surface area contributed by atoms with Crippen LogP contribution in [0.5, 0.6) is 0 Å². The summed E-state index contributed by atoms with van der Waals surface area (Å²) in [5, 5.41) is 5.26.